The molecule has 0 saturated carbocycles. The zero-order valence-corrected chi connectivity index (χ0v) is 18.9. The number of rotatable bonds is 6. The molecule has 0 spiro atoms. The summed E-state index contributed by atoms with van der Waals surface area (Å²) >= 11 is 3.19. The van der Waals surface area contributed by atoms with Crippen LogP contribution in [0.15, 0.2) is 47.3 Å². The predicted molar refractivity (Wildman–Crippen MR) is 122 cm³/mol. The molecule has 166 valence electrons. The largest absolute Gasteiger partial charge is 0.462 e. The molecule has 0 radical (unpaired) electrons. The van der Waals surface area contributed by atoms with Crippen molar-refractivity contribution in [2.75, 3.05) is 43.1 Å². The van der Waals surface area contributed by atoms with E-state index in [0.717, 1.165) is 5.56 Å². The second kappa shape index (κ2) is 10.0. The lowest BCUT2D eigenvalue weighted by Crippen LogP contribution is -2.37. The van der Waals surface area contributed by atoms with Crippen LogP contribution in [0.3, 0.4) is 0 Å². The highest BCUT2D eigenvalue weighted by Gasteiger charge is 2.20. The lowest BCUT2D eigenvalue weighted by molar-refractivity contribution is 0.0526. The summed E-state index contributed by atoms with van der Waals surface area (Å²) in [7, 11) is 0. The van der Waals surface area contributed by atoms with Gasteiger partial charge in [0, 0.05) is 48.5 Å². The number of halogens is 2. The fourth-order valence-corrected chi connectivity index (χ4v) is 3.65. The van der Waals surface area contributed by atoms with Gasteiger partial charge in [-0.1, -0.05) is 0 Å². The van der Waals surface area contributed by atoms with Crippen molar-refractivity contribution in [1.29, 1.82) is 0 Å². The van der Waals surface area contributed by atoms with Crippen LogP contribution in [-0.4, -0.2) is 53.8 Å². The number of anilines is 3. The number of morpholine rings is 1. The van der Waals surface area contributed by atoms with E-state index in [1.165, 1.54) is 12.3 Å². The molecule has 1 aromatic carbocycles. The van der Waals surface area contributed by atoms with Gasteiger partial charge in [0.05, 0.1) is 29.9 Å². The van der Waals surface area contributed by atoms with Crippen molar-refractivity contribution in [3.05, 3.63) is 58.7 Å². The van der Waals surface area contributed by atoms with E-state index in [4.69, 9.17) is 14.5 Å². The molecule has 0 atom stereocenters. The van der Waals surface area contributed by atoms with Gasteiger partial charge >= 0.3 is 5.97 Å². The van der Waals surface area contributed by atoms with Crippen LogP contribution in [0.4, 0.5) is 21.8 Å². The summed E-state index contributed by atoms with van der Waals surface area (Å²) in [5, 5.41) is 3.11. The van der Waals surface area contributed by atoms with E-state index in [2.05, 4.69) is 36.1 Å². The molecule has 10 heteroatoms. The molecule has 0 unspecified atom stereocenters. The Morgan fingerprint density at radius 1 is 1.25 bits per heavy atom. The van der Waals surface area contributed by atoms with Crippen LogP contribution < -0.4 is 10.2 Å². The number of hydrogen-bond acceptors (Lipinski definition) is 8. The fraction of sp³-hybridized carbons (Fsp3) is 0.273. The van der Waals surface area contributed by atoms with Crippen LogP contribution in [0.5, 0.6) is 0 Å². The van der Waals surface area contributed by atoms with E-state index in [0.29, 0.717) is 59.4 Å². The van der Waals surface area contributed by atoms with Gasteiger partial charge in [0.1, 0.15) is 11.6 Å². The number of pyridine rings is 1. The van der Waals surface area contributed by atoms with Crippen LogP contribution in [0.1, 0.15) is 17.3 Å². The summed E-state index contributed by atoms with van der Waals surface area (Å²) in [5.41, 5.74) is 2.44. The Hall–Kier alpha value is -3.11. The lowest BCUT2D eigenvalue weighted by atomic mass is 10.1. The molecule has 1 aliphatic heterocycles. The van der Waals surface area contributed by atoms with Gasteiger partial charge in [-0.25, -0.2) is 14.2 Å². The standard InChI is InChI=1S/C22H21BrFN5O3/c1-2-32-21(30)15-9-14(11-25-12-15)17-13-26-22(27-16-3-4-19(24)18(23)10-16)28-20(17)29-5-7-31-8-6-29/h3-4,9-13H,2,5-8H2,1H3,(H,26,27,28). The van der Waals surface area contributed by atoms with Crippen LogP contribution in [0, 0.1) is 5.82 Å². The number of aromatic nitrogens is 3. The summed E-state index contributed by atoms with van der Waals surface area (Å²) < 4.78 is 24.5. The van der Waals surface area contributed by atoms with Crippen LogP contribution in [0.2, 0.25) is 0 Å². The molecule has 3 heterocycles. The number of esters is 1. The van der Waals surface area contributed by atoms with Gasteiger partial charge in [-0.05, 0) is 47.1 Å². The lowest BCUT2D eigenvalue weighted by Gasteiger charge is -2.29. The van der Waals surface area contributed by atoms with Crippen molar-refractivity contribution in [3.8, 4) is 11.1 Å². The van der Waals surface area contributed by atoms with Crippen molar-refractivity contribution in [2.45, 2.75) is 6.92 Å². The first-order chi connectivity index (χ1) is 15.5. The Bertz CT molecular complexity index is 1120. The number of nitrogens with zero attached hydrogens (tertiary/aromatic N) is 4. The summed E-state index contributed by atoms with van der Waals surface area (Å²) in [5.74, 6) is 0.267. The van der Waals surface area contributed by atoms with Gasteiger partial charge in [-0.15, -0.1) is 0 Å². The maximum Gasteiger partial charge on any atom is 0.339 e. The summed E-state index contributed by atoms with van der Waals surface area (Å²) in [4.78, 5) is 27.6. The normalized spacial score (nSPS) is 13.7. The number of carbonyl (C=O) groups is 1. The Labute approximate surface area is 192 Å². The molecule has 2 aromatic heterocycles. The van der Waals surface area contributed by atoms with Crippen molar-refractivity contribution >= 4 is 39.4 Å². The molecular weight excluding hydrogens is 481 g/mol. The third kappa shape index (κ3) is 5.03. The Morgan fingerprint density at radius 3 is 2.81 bits per heavy atom. The third-order valence-electron chi connectivity index (χ3n) is 4.82. The Kier molecular flexibility index (Phi) is 6.91. The minimum absolute atomic E-state index is 0.283. The summed E-state index contributed by atoms with van der Waals surface area (Å²) in [6.45, 7) is 4.53. The Balaban J connectivity index is 1.71. The fourth-order valence-electron chi connectivity index (χ4n) is 3.27. The average molecular weight is 502 g/mol. The summed E-state index contributed by atoms with van der Waals surface area (Å²) in [6.07, 6.45) is 4.82. The number of benzene rings is 1. The van der Waals surface area contributed by atoms with Gasteiger partial charge in [-0.3, -0.25) is 4.98 Å². The highest BCUT2D eigenvalue weighted by atomic mass is 79.9. The maximum atomic E-state index is 13.6. The second-order valence-corrected chi connectivity index (χ2v) is 7.82. The quantitative estimate of drug-likeness (QED) is 0.502. The zero-order valence-electron chi connectivity index (χ0n) is 17.3. The number of carbonyl (C=O) groups excluding carboxylic acids is 1. The highest BCUT2D eigenvalue weighted by molar-refractivity contribution is 9.10. The molecule has 0 bridgehead atoms. The Morgan fingerprint density at radius 2 is 2.06 bits per heavy atom. The predicted octanol–water partition coefficient (Wildman–Crippen LogP) is 4.20. The maximum absolute atomic E-state index is 13.6. The first-order valence-electron chi connectivity index (χ1n) is 10.1. The van der Waals surface area contributed by atoms with Crippen LogP contribution in [-0.2, 0) is 9.47 Å². The topological polar surface area (TPSA) is 89.5 Å². The summed E-state index contributed by atoms with van der Waals surface area (Å²) in [6, 6.07) is 6.31. The molecule has 1 N–H and O–H groups in total. The molecule has 1 aliphatic rings. The van der Waals surface area contributed by atoms with E-state index in [-0.39, 0.29) is 12.4 Å². The van der Waals surface area contributed by atoms with Crippen molar-refractivity contribution in [2.24, 2.45) is 0 Å². The van der Waals surface area contributed by atoms with Gasteiger partial charge in [-0.2, -0.15) is 4.98 Å². The molecular formula is C22H21BrFN5O3. The van der Waals surface area contributed by atoms with E-state index in [1.54, 1.807) is 37.5 Å². The molecule has 3 aromatic rings. The van der Waals surface area contributed by atoms with E-state index >= 15 is 0 Å². The third-order valence-corrected chi connectivity index (χ3v) is 5.42. The average Bonchev–Trinajstić information content (AvgIpc) is 2.82. The highest BCUT2D eigenvalue weighted by Crippen LogP contribution is 2.31. The second-order valence-electron chi connectivity index (χ2n) is 6.97. The van der Waals surface area contributed by atoms with Crippen molar-refractivity contribution in [1.82, 2.24) is 15.0 Å². The van der Waals surface area contributed by atoms with E-state index in [9.17, 15) is 9.18 Å². The molecule has 0 aliphatic carbocycles. The van der Waals surface area contributed by atoms with Crippen molar-refractivity contribution in [3.63, 3.8) is 0 Å². The van der Waals surface area contributed by atoms with Crippen LogP contribution in [0.25, 0.3) is 11.1 Å². The van der Waals surface area contributed by atoms with Gasteiger partial charge in [0.25, 0.3) is 0 Å². The number of ether oxygens (including phenoxy) is 2. The van der Waals surface area contributed by atoms with E-state index in [1.807, 2.05) is 0 Å². The molecule has 32 heavy (non-hydrogen) atoms. The van der Waals surface area contributed by atoms with Gasteiger partial charge in [0.15, 0.2) is 0 Å². The van der Waals surface area contributed by atoms with E-state index < -0.39 is 5.97 Å². The van der Waals surface area contributed by atoms with Crippen molar-refractivity contribution < 1.29 is 18.7 Å². The van der Waals surface area contributed by atoms with Gasteiger partial charge in [0.2, 0.25) is 5.95 Å². The SMILES string of the molecule is CCOC(=O)c1cncc(-c2cnc(Nc3ccc(F)c(Br)c3)nc2N2CCOCC2)c1. The number of hydrogen-bond donors (Lipinski definition) is 1. The first-order valence-corrected chi connectivity index (χ1v) is 10.9. The molecule has 8 nitrogen and oxygen atoms in total. The molecule has 1 saturated heterocycles. The molecule has 0 amide bonds. The minimum Gasteiger partial charge on any atom is -0.462 e. The number of nitrogens with one attached hydrogen (secondary N) is 1. The van der Waals surface area contributed by atoms with Crippen LogP contribution >= 0.6 is 15.9 Å². The first kappa shape index (κ1) is 22.1. The smallest absolute Gasteiger partial charge is 0.339 e. The molecule has 1 fully saturated rings. The zero-order chi connectivity index (χ0) is 22.5. The molecule has 4 rings (SSSR count). The monoisotopic (exact) mass is 501 g/mol. The van der Waals surface area contributed by atoms with Gasteiger partial charge < -0.3 is 19.7 Å². The minimum atomic E-state index is -0.434.